The van der Waals surface area contributed by atoms with Crippen LogP contribution in [0.25, 0.3) is 0 Å². The first-order valence-electron chi connectivity index (χ1n) is 6.73. The number of thiophene rings is 1. The van der Waals surface area contributed by atoms with Gasteiger partial charge in [-0.2, -0.15) is 0 Å². The Morgan fingerprint density at radius 2 is 2.10 bits per heavy atom. The van der Waals surface area contributed by atoms with E-state index in [4.69, 9.17) is 18.0 Å². The van der Waals surface area contributed by atoms with Crippen molar-refractivity contribution in [3.63, 3.8) is 0 Å². The average Bonchev–Trinajstić information content (AvgIpc) is 2.85. The van der Waals surface area contributed by atoms with Crippen LogP contribution in [0.15, 0.2) is 16.3 Å². The van der Waals surface area contributed by atoms with Crippen LogP contribution in [0, 0.1) is 11.8 Å². The van der Waals surface area contributed by atoms with Crippen LogP contribution in [0.3, 0.4) is 0 Å². The van der Waals surface area contributed by atoms with Crippen LogP contribution in [-0.2, 0) is 10.0 Å². The number of nitrogens with two attached hydrogens (primary N) is 1. The van der Waals surface area contributed by atoms with E-state index in [-0.39, 0.29) is 15.2 Å². The van der Waals surface area contributed by atoms with Gasteiger partial charge in [0.15, 0.2) is 0 Å². The zero-order valence-electron chi connectivity index (χ0n) is 11.6. The predicted molar refractivity (Wildman–Crippen MR) is 86.5 cm³/mol. The van der Waals surface area contributed by atoms with Crippen molar-refractivity contribution in [2.24, 2.45) is 17.6 Å². The van der Waals surface area contributed by atoms with Crippen molar-refractivity contribution in [3.8, 4) is 0 Å². The molecule has 3 unspecified atom stereocenters. The molecule has 1 aliphatic carbocycles. The maximum Gasteiger partial charge on any atom is 0.250 e. The highest BCUT2D eigenvalue weighted by molar-refractivity contribution is 7.91. The summed E-state index contributed by atoms with van der Waals surface area (Å²) in [5, 5.41) is 0. The Kier molecular flexibility index (Phi) is 4.84. The fourth-order valence-electron chi connectivity index (χ4n) is 2.60. The monoisotopic (exact) mass is 332 g/mol. The summed E-state index contributed by atoms with van der Waals surface area (Å²) in [5.41, 5.74) is 5.52. The third-order valence-electron chi connectivity index (χ3n) is 4.10. The van der Waals surface area contributed by atoms with E-state index in [9.17, 15) is 8.42 Å². The lowest BCUT2D eigenvalue weighted by molar-refractivity contribution is 0.227. The van der Waals surface area contributed by atoms with E-state index in [1.54, 1.807) is 12.1 Å². The first-order valence-corrected chi connectivity index (χ1v) is 9.44. The third kappa shape index (κ3) is 3.39. The molecule has 0 amide bonds. The molecule has 1 fully saturated rings. The molecule has 3 N–H and O–H groups in total. The van der Waals surface area contributed by atoms with Crippen molar-refractivity contribution in [1.82, 2.24) is 4.72 Å². The van der Waals surface area contributed by atoms with Crippen molar-refractivity contribution in [2.75, 3.05) is 0 Å². The van der Waals surface area contributed by atoms with Gasteiger partial charge >= 0.3 is 0 Å². The van der Waals surface area contributed by atoms with Crippen LogP contribution >= 0.6 is 23.6 Å². The van der Waals surface area contributed by atoms with Gasteiger partial charge < -0.3 is 5.73 Å². The average molecular weight is 333 g/mol. The van der Waals surface area contributed by atoms with Crippen molar-refractivity contribution < 1.29 is 8.42 Å². The Morgan fingerprint density at radius 3 is 2.70 bits per heavy atom. The van der Waals surface area contributed by atoms with E-state index in [1.165, 1.54) is 6.42 Å². The summed E-state index contributed by atoms with van der Waals surface area (Å²) in [4.78, 5) is 0.863. The molecule has 4 nitrogen and oxygen atoms in total. The number of sulfonamides is 1. The van der Waals surface area contributed by atoms with Gasteiger partial charge in [0.25, 0.3) is 0 Å². The topological polar surface area (TPSA) is 72.2 Å². The maximum atomic E-state index is 12.4. The largest absolute Gasteiger partial charge is 0.389 e. The lowest BCUT2D eigenvalue weighted by Crippen LogP contribution is -2.43. The van der Waals surface area contributed by atoms with Gasteiger partial charge in [-0.15, -0.1) is 11.3 Å². The predicted octanol–water partition coefficient (Wildman–Crippen LogP) is 2.49. The first-order chi connectivity index (χ1) is 9.31. The molecule has 0 aliphatic heterocycles. The molecule has 1 aromatic rings. The van der Waals surface area contributed by atoms with Gasteiger partial charge in [0.05, 0.1) is 4.88 Å². The minimum atomic E-state index is -3.48. The molecule has 7 heteroatoms. The van der Waals surface area contributed by atoms with Gasteiger partial charge in [-0.3, -0.25) is 0 Å². The minimum absolute atomic E-state index is 0.0131. The summed E-state index contributed by atoms with van der Waals surface area (Å²) in [5.74, 6) is 0.903. The maximum absolute atomic E-state index is 12.4. The second-order valence-electron chi connectivity index (χ2n) is 5.48. The van der Waals surface area contributed by atoms with Crippen LogP contribution in [0.5, 0.6) is 0 Å². The summed E-state index contributed by atoms with van der Waals surface area (Å²) in [6.07, 6.45) is 3.14. The molecule has 2 rings (SSSR count). The number of hydrogen-bond donors (Lipinski definition) is 2. The number of thiocarbonyl (C=S) groups is 1. The Morgan fingerprint density at radius 1 is 1.40 bits per heavy atom. The summed E-state index contributed by atoms with van der Waals surface area (Å²) >= 11 is 5.99. The minimum Gasteiger partial charge on any atom is -0.389 e. The normalized spacial score (nSPS) is 27.4. The van der Waals surface area contributed by atoms with Gasteiger partial charge in [-0.1, -0.05) is 38.9 Å². The Balaban J connectivity index is 2.16. The Labute approximate surface area is 129 Å². The van der Waals surface area contributed by atoms with E-state index >= 15 is 0 Å². The van der Waals surface area contributed by atoms with Gasteiger partial charge in [0.2, 0.25) is 10.0 Å². The zero-order chi connectivity index (χ0) is 14.9. The van der Waals surface area contributed by atoms with Crippen LogP contribution in [0.2, 0.25) is 0 Å². The SMILES string of the molecule is CC1CCCC(NS(=O)(=O)c2ccc(C(N)=S)s2)C1C. The van der Waals surface area contributed by atoms with Crippen molar-refractivity contribution in [3.05, 3.63) is 17.0 Å². The molecule has 0 saturated heterocycles. The quantitative estimate of drug-likeness (QED) is 0.831. The number of nitrogens with one attached hydrogen (secondary N) is 1. The van der Waals surface area contributed by atoms with Crippen molar-refractivity contribution in [2.45, 2.75) is 43.4 Å². The molecule has 0 aromatic carbocycles. The first kappa shape index (κ1) is 15.9. The van der Waals surface area contributed by atoms with E-state index < -0.39 is 10.0 Å². The summed E-state index contributed by atoms with van der Waals surface area (Å²) in [6.45, 7) is 4.30. The highest BCUT2D eigenvalue weighted by atomic mass is 32.2. The molecule has 1 aliphatic rings. The fourth-order valence-corrected chi connectivity index (χ4v) is 5.33. The second kappa shape index (κ2) is 6.09. The lowest BCUT2D eigenvalue weighted by Gasteiger charge is -2.34. The summed E-state index contributed by atoms with van der Waals surface area (Å²) in [7, 11) is -3.48. The standard InChI is InChI=1S/C13H20N2O2S3/c1-8-4-3-5-10(9(8)2)15-20(16,17)12-7-6-11(19-12)13(14)18/h6-10,15H,3-5H2,1-2H3,(H2,14,18). The second-order valence-corrected chi connectivity index (χ2v) is 8.94. The molecule has 0 radical (unpaired) electrons. The van der Waals surface area contributed by atoms with Crippen LogP contribution in [0.1, 0.15) is 38.0 Å². The van der Waals surface area contributed by atoms with Gasteiger partial charge in [-0.25, -0.2) is 13.1 Å². The van der Waals surface area contributed by atoms with E-state index in [0.717, 1.165) is 24.2 Å². The van der Waals surface area contributed by atoms with Gasteiger partial charge in [0, 0.05) is 6.04 Å². The molecular weight excluding hydrogens is 312 g/mol. The van der Waals surface area contributed by atoms with Gasteiger partial charge in [-0.05, 0) is 30.4 Å². The molecule has 3 atom stereocenters. The van der Waals surface area contributed by atoms with Crippen LogP contribution < -0.4 is 10.5 Å². The van der Waals surface area contributed by atoms with E-state index in [1.807, 2.05) is 0 Å². The molecule has 1 aromatic heterocycles. The molecule has 0 bridgehead atoms. The number of hydrogen-bond acceptors (Lipinski definition) is 4. The van der Waals surface area contributed by atoms with Crippen LogP contribution in [-0.4, -0.2) is 19.4 Å². The lowest BCUT2D eigenvalue weighted by atomic mass is 9.78. The highest BCUT2D eigenvalue weighted by Crippen LogP contribution is 2.31. The molecule has 0 spiro atoms. The smallest absolute Gasteiger partial charge is 0.250 e. The Bertz CT molecular complexity index is 595. The molecule has 20 heavy (non-hydrogen) atoms. The molecule has 112 valence electrons. The molecule has 1 saturated carbocycles. The van der Waals surface area contributed by atoms with Crippen molar-refractivity contribution >= 4 is 38.6 Å². The van der Waals surface area contributed by atoms with Crippen molar-refractivity contribution in [1.29, 1.82) is 0 Å². The fraction of sp³-hybridized carbons (Fsp3) is 0.615. The summed E-state index contributed by atoms with van der Waals surface area (Å²) in [6, 6.07) is 3.24. The van der Waals surface area contributed by atoms with Crippen LogP contribution in [0.4, 0.5) is 0 Å². The van der Waals surface area contributed by atoms with Gasteiger partial charge in [0.1, 0.15) is 9.20 Å². The summed E-state index contributed by atoms with van der Waals surface area (Å²) < 4.78 is 27.9. The molecular formula is C13H20N2O2S3. The van der Waals surface area contributed by atoms with E-state index in [2.05, 4.69) is 18.6 Å². The highest BCUT2D eigenvalue weighted by Gasteiger charge is 2.31. The zero-order valence-corrected chi connectivity index (χ0v) is 14.1. The third-order valence-corrected chi connectivity index (χ3v) is 7.55. The van der Waals surface area contributed by atoms with E-state index in [0.29, 0.717) is 16.7 Å². The number of rotatable bonds is 4. The molecule has 1 heterocycles. The Hall–Kier alpha value is -0.500.